The van der Waals surface area contributed by atoms with Gasteiger partial charge in [-0.15, -0.1) is 0 Å². The van der Waals surface area contributed by atoms with Crippen molar-refractivity contribution >= 4 is 12.2 Å². The van der Waals surface area contributed by atoms with Crippen LogP contribution in [0.2, 0.25) is 0 Å². The highest BCUT2D eigenvalue weighted by Crippen LogP contribution is 2.00. The van der Waals surface area contributed by atoms with Crippen molar-refractivity contribution in [1.82, 2.24) is 13.7 Å². The molecular weight excluding hydrogens is 342 g/mol. The van der Waals surface area contributed by atoms with Crippen molar-refractivity contribution in [2.75, 3.05) is 6.54 Å². The molecule has 10 heteroatoms. The van der Waals surface area contributed by atoms with E-state index < -0.39 is 23.7 Å². The second kappa shape index (κ2) is 14.5. The van der Waals surface area contributed by atoms with Crippen LogP contribution in [-0.2, 0) is 29.9 Å². The van der Waals surface area contributed by atoms with Gasteiger partial charge in [0.15, 0.2) is 0 Å². The number of aliphatic imine (C=N–C) groups is 2. The maximum Gasteiger partial charge on any atom is 0.337 e. The molecule has 26 heavy (non-hydrogen) atoms. The Morgan fingerprint density at radius 2 is 1.31 bits per heavy atom. The predicted octanol–water partition coefficient (Wildman–Crippen LogP) is 0.807. The lowest BCUT2D eigenvalue weighted by atomic mass is 10.2. The molecule has 0 aliphatic rings. The van der Waals surface area contributed by atoms with Gasteiger partial charge in [-0.05, 0) is 12.8 Å². The number of aromatic nitrogens is 3. The predicted molar refractivity (Wildman–Crippen MR) is 100.0 cm³/mol. The molecule has 1 heterocycles. The van der Waals surface area contributed by atoms with Gasteiger partial charge in [-0.2, -0.15) is 4.99 Å². The molecule has 0 unspecified atom stereocenters. The molecule has 0 fully saturated rings. The summed E-state index contributed by atoms with van der Waals surface area (Å²) in [5.74, 6) is 0. The zero-order valence-corrected chi connectivity index (χ0v) is 12.7. The van der Waals surface area contributed by atoms with Gasteiger partial charge in [0.1, 0.15) is 6.67 Å². The summed E-state index contributed by atoms with van der Waals surface area (Å²) in [6.45, 7) is 0.0757. The fourth-order valence-electron chi connectivity index (χ4n) is 2.03. The first kappa shape index (κ1) is 28.0. The molecule has 0 amide bonds. The third-order valence-corrected chi connectivity index (χ3v) is 3.24. The van der Waals surface area contributed by atoms with Crippen molar-refractivity contribution in [3.8, 4) is 0 Å². The van der Waals surface area contributed by atoms with Gasteiger partial charge in [-0.25, -0.2) is 42.7 Å². The molecule has 0 aromatic carbocycles. The number of carbonyl (C=O) groups excluding carboxylic acids is 2. The third kappa shape index (κ3) is 7.38. The summed E-state index contributed by atoms with van der Waals surface area (Å²) < 4.78 is 2.43. The standard InChI is InChI=1S/C13H17N5O5.3CH4/c1-16-11(21)17(7-5-3-2-4-6-14-9-19)13(23)18(12(16)22)8-15-10-20;;;/h2-8H2,1H3;3*1H4. The number of isocyanates is 2. The average Bonchev–Trinajstić information content (AvgIpc) is 2.55. The molecule has 148 valence electrons. The lowest BCUT2D eigenvalue weighted by Gasteiger charge is -2.09. The second-order valence-corrected chi connectivity index (χ2v) is 4.76. The van der Waals surface area contributed by atoms with Crippen LogP contribution in [0.25, 0.3) is 0 Å². The van der Waals surface area contributed by atoms with Gasteiger partial charge in [-0.1, -0.05) is 35.1 Å². The van der Waals surface area contributed by atoms with Crippen LogP contribution in [-0.4, -0.2) is 32.4 Å². The molecule has 0 aliphatic heterocycles. The van der Waals surface area contributed by atoms with Crippen LogP contribution in [0.4, 0.5) is 0 Å². The minimum absolute atomic E-state index is 0. The maximum absolute atomic E-state index is 12.1. The van der Waals surface area contributed by atoms with Crippen LogP contribution in [0, 0.1) is 0 Å². The van der Waals surface area contributed by atoms with Crippen molar-refractivity contribution in [2.24, 2.45) is 17.0 Å². The van der Waals surface area contributed by atoms with Gasteiger partial charge in [-0.3, -0.25) is 0 Å². The summed E-state index contributed by atoms with van der Waals surface area (Å²) in [6.07, 6.45) is 5.48. The van der Waals surface area contributed by atoms with Gasteiger partial charge >= 0.3 is 17.1 Å². The second-order valence-electron chi connectivity index (χ2n) is 4.76. The van der Waals surface area contributed by atoms with E-state index in [0.717, 1.165) is 28.4 Å². The number of unbranched alkanes of at least 4 members (excludes halogenated alkanes) is 3. The van der Waals surface area contributed by atoms with Crippen molar-refractivity contribution in [2.45, 2.75) is 61.2 Å². The highest BCUT2D eigenvalue weighted by atomic mass is 16.2. The minimum atomic E-state index is -0.832. The molecule has 0 radical (unpaired) electrons. The highest BCUT2D eigenvalue weighted by molar-refractivity contribution is 5.32. The van der Waals surface area contributed by atoms with E-state index in [1.807, 2.05) is 0 Å². The van der Waals surface area contributed by atoms with Gasteiger partial charge in [0, 0.05) is 13.6 Å². The topological polar surface area (TPSA) is 125 Å². The van der Waals surface area contributed by atoms with Crippen LogP contribution >= 0.6 is 0 Å². The van der Waals surface area contributed by atoms with E-state index in [1.165, 1.54) is 19.2 Å². The third-order valence-electron chi connectivity index (χ3n) is 3.24. The number of hydrogen-bond donors (Lipinski definition) is 0. The number of nitrogens with zero attached hydrogens (tertiary/aromatic N) is 5. The molecule has 10 nitrogen and oxygen atoms in total. The fraction of sp³-hybridized carbons (Fsp3) is 0.688. The van der Waals surface area contributed by atoms with Gasteiger partial charge in [0.2, 0.25) is 12.2 Å². The van der Waals surface area contributed by atoms with E-state index in [0.29, 0.717) is 17.5 Å². The van der Waals surface area contributed by atoms with E-state index >= 15 is 0 Å². The molecule has 0 N–H and O–H groups in total. The van der Waals surface area contributed by atoms with E-state index in [1.54, 1.807) is 0 Å². The fourth-order valence-corrected chi connectivity index (χ4v) is 2.03. The summed E-state index contributed by atoms with van der Waals surface area (Å²) in [5.41, 5.74) is -2.35. The molecule has 0 aliphatic carbocycles. The summed E-state index contributed by atoms with van der Waals surface area (Å²) in [4.78, 5) is 62.6. The molecule has 1 aromatic heterocycles. The molecule has 1 aromatic rings. The Kier molecular flexibility index (Phi) is 15.6. The van der Waals surface area contributed by atoms with Gasteiger partial charge in [0.05, 0.1) is 6.54 Å². The molecule has 0 spiro atoms. The van der Waals surface area contributed by atoms with Crippen molar-refractivity contribution in [1.29, 1.82) is 0 Å². The highest BCUT2D eigenvalue weighted by Gasteiger charge is 2.12. The van der Waals surface area contributed by atoms with Crippen LogP contribution in [0.15, 0.2) is 24.4 Å². The molecule has 0 bridgehead atoms. The summed E-state index contributed by atoms with van der Waals surface area (Å²) >= 11 is 0. The summed E-state index contributed by atoms with van der Waals surface area (Å²) in [7, 11) is 1.25. The van der Waals surface area contributed by atoms with E-state index in [9.17, 15) is 24.0 Å². The maximum atomic E-state index is 12.1. The first-order chi connectivity index (χ1) is 11.0. The van der Waals surface area contributed by atoms with E-state index in [2.05, 4.69) is 9.98 Å². The minimum Gasteiger partial charge on any atom is -0.248 e. The Morgan fingerprint density at radius 1 is 0.769 bits per heavy atom. The molecule has 0 saturated carbocycles. The average molecular weight is 371 g/mol. The summed E-state index contributed by atoms with van der Waals surface area (Å²) in [6, 6.07) is 0. The number of hydrogen-bond acceptors (Lipinski definition) is 7. The Hall–Kier alpha value is -2.83. The smallest absolute Gasteiger partial charge is 0.248 e. The first-order valence-corrected chi connectivity index (χ1v) is 7.02. The van der Waals surface area contributed by atoms with Crippen LogP contribution < -0.4 is 17.1 Å². The van der Waals surface area contributed by atoms with Crippen LogP contribution in [0.1, 0.15) is 48.0 Å². The quantitative estimate of drug-likeness (QED) is 0.361. The lowest BCUT2D eigenvalue weighted by Crippen LogP contribution is -2.53. The number of rotatable bonds is 9. The zero-order chi connectivity index (χ0) is 17.2. The van der Waals surface area contributed by atoms with E-state index in [4.69, 9.17) is 0 Å². The van der Waals surface area contributed by atoms with Crippen molar-refractivity contribution in [3.05, 3.63) is 31.5 Å². The van der Waals surface area contributed by atoms with Crippen LogP contribution in [0.3, 0.4) is 0 Å². The van der Waals surface area contributed by atoms with Crippen molar-refractivity contribution in [3.63, 3.8) is 0 Å². The Labute approximate surface area is 152 Å². The first-order valence-electron chi connectivity index (χ1n) is 7.02. The van der Waals surface area contributed by atoms with E-state index in [-0.39, 0.29) is 28.8 Å². The SMILES string of the molecule is C.C.C.Cn1c(=O)n(CCCCCCN=C=O)c(=O)n(CN=C=O)c1=O. The molecular formula is C16H29N5O5. The van der Waals surface area contributed by atoms with Gasteiger partial charge in [0.25, 0.3) is 0 Å². The lowest BCUT2D eigenvalue weighted by molar-refractivity contribution is 0.456. The molecule has 0 atom stereocenters. The summed E-state index contributed by atoms with van der Waals surface area (Å²) in [5, 5.41) is 0. The van der Waals surface area contributed by atoms with Crippen molar-refractivity contribution < 1.29 is 9.59 Å². The van der Waals surface area contributed by atoms with Crippen LogP contribution in [0.5, 0.6) is 0 Å². The van der Waals surface area contributed by atoms with Gasteiger partial charge < -0.3 is 0 Å². The molecule has 1 rings (SSSR count). The Balaban J connectivity index is -0.00000176. The molecule has 0 saturated heterocycles. The zero-order valence-electron chi connectivity index (χ0n) is 12.7. The normalized spacial score (nSPS) is 8.81. The Bertz CT molecular complexity index is 808. The Morgan fingerprint density at radius 3 is 1.88 bits per heavy atom. The monoisotopic (exact) mass is 371 g/mol. The largest absolute Gasteiger partial charge is 0.337 e.